The first kappa shape index (κ1) is 15.5. The highest BCUT2D eigenvalue weighted by Gasteiger charge is 2.36. The van der Waals surface area contributed by atoms with Gasteiger partial charge in [0, 0.05) is 5.56 Å². The molecule has 3 aromatic rings. The lowest BCUT2D eigenvalue weighted by Gasteiger charge is -2.14. The Morgan fingerprint density at radius 1 is 1.36 bits per heavy atom. The monoisotopic (exact) mass is 338 g/mol. The van der Waals surface area contributed by atoms with Gasteiger partial charge in [-0.2, -0.15) is 4.80 Å². The number of amides is 1. The molecular weight excluding hydrogens is 320 g/mol. The molecule has 1 aliphatic carbocycles. The average Bonchev–Trinajstić information content (AvgIpc) is 3.24. The summed E-state index contributed by atoms with van der Waals surface area (Å²) in [5.74, 6) is 1.50. The largest absolute Gasteiger partial charge is 0.448 e. The summed E-state index contributed by atoms with van der Waals surface area (Å²) in [6.45, 7) is 2.23. The van der Waals surface area contributed by atoms with Crippen LogP contribution < -0.4 is 5.32 Å². The minimum absolute atomic E-state index is 0.124. The highest BCUT2D eigenvalue weighted by atomic mass is 16.3. The highest BCUT2D eigenvalue weighted by Crippen LogP contribution is 2.39. The molecule has 1 amide bonds. The molecule has 8 heteroatoms. The van der Waals surface area contributed by atoms with E-state index in [1.54, 1.807) is 12.1 Å². The Morgan fingerprint density at radius 2 is 2.16 bits per heavy atom. The molecule has 0 aliphatic heterocycles. The quantitative estimate of drug-likeness (QED) is 0.737. The predicted octanol–water partition coefficient (Wildman–Crippen LogP) is 1.90. The first-order valence-corrected chi connectivity index (χ1v) is 8.23. The highest BCUT2D eigenvalue weighted by molar-refractivity contribution is 5.94. The van der Waals surface area contributed by atoms with Crippen LogP contribution in [0.5, 0.6) is 0 Å². The average molecular weight is 338 g/mol. The minimum Gasteiger partial charge on any atom is -0.448 e. The molecule has 0 saturated heterocycles. The maximum Gasteiger partial charge on any atom is 0.251 e. The molecule has 0 spiro atoms. The van der Waals surface area contributed by atoms with Crippen LogP contribution >= 0.6 is 0 Å². The Balaban J connectivity index is 1.50. The Labute approximate surface area is 144 Å². The van der Waals surface area contributed by atoms with Gasteiger partial charge < -0.3 is 9.73 Å². The molecule has 0 bridgehead atoms. The molecule has 1 aliphatic rings. The number of nitrogens with zero attached hydrogens (tertiary/aromatic N) is 5. The number of aromatic nitrogens is 5. The SMILES string of the molecule is Cc1ocnc1Cn1nnc([C@H](NC(=O)c2ccccc2)C2CC2)n1. The van der Waals surface area contributed by atoms with Crippen molar-refractivity contribution in [3.05, 3.63) is 59.6 Å². The van der Waals surface area contributed by atoms with Crippen molar-refractivity contribution in [1.29, 1.82) is 0 Å². The Bertz CT molecular complexity index is 868. The molecule has 0 radical (unpaired) electrons. The Kier molecular flexibility index (Phi) is 4.01. The maximum atomic E-state index is 12.5. The molecule has 1 aromatic carbocycles. The van der Waals surface area contributed by atoms with Crippen molar-refractivity contribution in [1.82, 2.24) is 30.5 Å². The fourth-order valence-corrected chi connectivity index (χ4v) is 2.70. The van der Waals surface area contributed by atoms with E-state index in [1.165, 1.54) is 11.2 Å². The normalized spacial score (nSPS) is 15.1. The Hall–Kier alpha value is -3.03. The van der Waals surface area contributed by atoms with Crippen LogP contribution in [-0.4, -0.2) is 31.1 Å². The standard InChI is InChI=1S/C17H18N6O2/c1-11-14(18-10-25-11)9-23-21-16(20-22-23)15(12-7-8-12)19-17(24)13-5-3-2-4-6-13/h2-6,10,12,15H,7-9H2,1H3,(H,19,24)/t15-/m1/s1. The molecule has 1 N–H and O–H groups in total. The number of benzene rings is 1. The zero-order chi connectivity index (χ0) is 17.2. The molecule has 4 rings (SSSR count). The second kappa shape index (κ2) is 6.46. The molecule has 1 saturated carbocycles. The summed E-state index contributed by atoms with van der Waals surface area (Å²) in [6, 6.07) is 8.92. The first-order chi connectivity index (χ1) is 12.2. The van der Waals surface area contributed by atoms with E-state index in [1.807, 2.05) is 25.1 Å². The topological polar surface area (TPSA) is 98.7 Å². The zero-order valence-corrected chi connectivity index (χ0v) is 13.8. The third-order valence-electron chi connectivity index (χ3n) is 4.30. The number of hydrogen-bond donors (Lipinski definition) is 1. The van der Waals surface area contributed by atoms with E-state index in [4.69, 9.17) is 4.42 Å². The Morgan fingerprint density at radius 3 is 2.84 bits per heavy atom. The van der Waals surface area contributed by atoms with Crippen molar-refractivity contribution in [3.63, 3.8) is 0 Å². The van der Waals surface area contributed by atoms with Crippen molar-refractivity contribution >= 4 is 5.91 Å². The van der Waals surface area contributed by atoms with Crippen molar-refractivity contribution in [3.8, 4) is 0 Å². The van der Waals surface area contributed by atoms with Gasteiger partial charge in [-0.05, 0) is 43.0 Å². The van der Waals surface area contributed by atoms with Crippen LogP contribution in [0.3, 0.4) is 0 Å². The van der Waals surface area contributed by atoms with Gasteiger partial charge in [0.05, 0.1) is 6.04 Å². The summed E-state index contributed by atoms with van der Waals surface area (Å²) in [4.78, 5) is 18.1. The predicted molar refractivity (Wildman–Crippen MR) is 87.5 cm³/mol. The summed E-state index contributed by atoms with van der Waals surface area (Å²) in [5.41, 5.74) is 1.39. The summed E-state index contributed by atoms with van der Waals surface area (Å²) in [6.07, 6.45) is 3.50. The zero-order valence-electron chi connectivity index (χ0n) is 13.8. The van der Waals surface area contributed by atoms with Gasteiger partial charge >= 0.3 is 0 Å². The van der Waals surface area contributed by atoms with E-state index < -0.39 is 0 Å². The molecule has 2 heterocycles. The van der Waals surface area contributed by atoms with Gasteiger partial charge in [0.2, 0.25) is 0 Å². The van der Waals surface area contributed by atoms with Gasteiger partial charge in [0.1, 0.15) is 18.0 Å². The second-order valence-corrected chi connectivity index (χ2v) is 6.19. The molecule has 128 valence electrons. The number of carbonyl (C=O) groups excluding carboxylic acids is 1. The van der Waals surface area contributed by atoms with Crippen molar-refractivity contribution in [2.75, 3.05) is 0 Å². The van der Waals surface area contributed by atoms with Crippen LogP contribution in [0.15, 0.2) is 41.1 Å². The molecule has 1 atom stereocenters. The van der Waals surface area contributed by atoms with Crippen LogP contribution in [0.2, 0.25) is 0 Å². The summed E-state index contributed by atoms with van der Waals surface area (Å²) >= 11 is 0. The number of aryl methyl sites for hydroxylation is 1. The fraction of sp³-hybridized carbons (Fsp3) is 0.353. The van der Waals surface area contributed by atoms with Crippen LogP contribution in [-0.2, 0) is 6.54 Å². The summed E-state index contributed by atoms with van der Waals surface area (Å²) < 4.78 is 5.18. The van der Waals surface area contributed by atoms with Crippen LogP contribution in [0.25, 0.3) is 0 Å². The number of tetrazole rings is 1. The van der Waals surface area contributed by atoms with Gasteiger partial charge in [-0.3, -0.25) is 4.79 Å². The molecule has 2 aromatic heterocycles. The third kappa shape index (κ3) is 3.42. The van der Waals surface area contributed by atoms with E-state index in [0.29, 0.717) is 23.9 Å². The molecule has 1 fully saturated rings. The van der Waals surface area contributed by atoms with E-state index in [0.717, 1.165) is 24.3 Å². The van der Waals surface area contributed by atoms with Crippen LogP contribution in [0, 0.1) is 12.8 Å². The summed E-state index contributed by atoms with van der Waals surface area (Å²) in [5, 5.41) is 15.7. The fourth-order valence-electron chi connectivity index (χ4n) is 2.70. The number of rotatable bonds is 6. The minimum atomic E-state index is -0.222. The van der Waals surface area contributed by atoms with Gasteiger partial charge in [-0.15, -0.1) is 10.2 Å². The van der Waals surface area contributed by atoms with Gasteiger partial charge in [-0.1, -0.05) is 18.2 Å². The number of nitrogens with one attached hydrogen (secondary N) is 1. The van der Waals surface area contributed by atoms with Crippen LogP contribution in [0.4, 0.5) is 0 Å². The van der Waals surface area contributed by atoms with Gasteiger partial charge in [-0.25, -0.2) is 4.98 Å². The first-order valence-electron chi connectivity index (χ1n) is 8.23. The van der Waals surface area contributed by atoms with Gasteiger partial charge in [0.25, 0.3) is 5.91 Å². The maximum absolute atomic E-state index is 12.5. The third-order valence-corrected chi connectivity index (χ3v) is 4.30. The molecule has 0 unspecified atom stereocenters. The van der Waals surface area contributed by atoms with E-state index in [2.05, 4.69) is 25.7 Å². The lowest BCUT2D eigenvalue weighted by atomic mass is 10.1. The smallest absolute Gasteiger partial charge is 0.251 e. The van der Waals surface area contributed by atoms with Crippen molar-refractivity contribution in [2.45, 2.75) is 32.4 Å². The lowest BCUT2D eigenvalue weighted by molar-refractivity contribution is 0.0929. The summed E-state index contributed by atoms with van der Waals surface area (Å²) in [7, 11) is 0. The number of carbonyl (C=O) groups is 1. The lowest BCUT2D eigenvalue weighted by Crippen LogP contribution is -2.30. The second-order valence-electron chi connectivity index (χ2n) is 6.19. The molecular formula is C17H18N6O2. The van der Waals surface area contributed by atoms with Crippen molar-refractivity contribution in [2.24, 2.45) is 5.92 Å². The number of hydrogen-bond acceptors (Lipinski definition) is 6. The van der Waals surface area contributed by atoms with Gasteiger partial charge in [0.15, 0.2) is 12.2 Å². The van der Waals surface area contributed by atoms with Crippen molar-refractivity contribution < 1.29 is 9.21 Å². The van der Waals surface area contributed by atoms with E-state index >= 15 is 0 Å². The number of oxazole rings is 1. The molecule has 8 nitrogen and oxygen atoms in total. The molecule has 25 heavy (non-hydrogen) atoms. The van der Waals surface area contributed by atoms with Crippen LogP contribution in [0.1, 0.15) is 46.5 Å². The van der Waals surface area contributed by atoms with E-state index in [9.17, 15) is 4.79 Å². The van der Waals surface area contributed by atoms with E-state index in [-0.39, 0.29) is 11.9 Å².